The average molecular weight is 334 g/mol. The highest BCUT2D eigenvalue weighted by atomic mass is 16.5. The van der Waals surface area contributed by atoms with Crippen molar-refractivity contribution in [3.8, 4) is 0 Å². The summed E-state index contributed by atoms with van der Waals surface area (Å²) in [5.74, 6) is -0.500. The Morgan fingerprint density at radius 1 is 0.833 bits per heavy atom. The highest BCUT2D eigenvalue weighted by Gasteiger charge is 2.07. The summed E-state index contributed by atoms with van der Waals surface area (Å²) in [6, 6.07) is 7.86. The molecule has 0 spiro atoms. The Kier molecular flexibility index (Phi) is 10.6. The minimum atomic E-state index is -0.275. The van der Waals surface area contributed by atoms with Gasteiger partial charge in [-0.3, -0.25) is 9.59 Å². The van der Waals surface area contributed by atoms with Gasteiger partial charge in [-0.25, -0.2) is 0 Å². The molecule has 0 fully saturated rings. The Balaban J connectivity index is 2.01. The maximum absolute atomic E-state index is 11.7. The minimum Gasteiger partial charge on any atom is -0.466 e. The van der Waals surface area contributed by atoms with Crippen LogP contribution in [0.1, 0.15) is 69.4 Å². The van der Waals surface area contributed by atoms with Crippen molar-refractivity contribution in [1.82, 2.24) is 0 Å². The van der Waals surface area contributed by atoms with Gasteiger partial charge in [0.15, 0.2) is 0 Å². The monoisotopic (exact) mass is 334 g/mol. The number of carbonyl (C=O) groups excluding carboxylic acids is 2. The van der Waals surface area contributed by atoms with Crippen LogP contribution >= 0.6 is 0 Å². The molecule has 0 aliphatic rings. The molecule has 0 unspecified atom stereocenters. The van der Waals surface area contributed by atoms with Crippen molar-refractivity contribution in [3.63, 3.8) is 0 Å². The standard InChI is InChI=1S/C20H30O4/c1-3-4-5-6-7-15-23-19(21)9-8-10-20(22)24-16-18-13-11-17(2)12-14-18/h11-14H,3-10,15-16H2,1-2H3. The van der Waals surface area contributed by atoms with E-state index in [-0.39, 0.29) is 31.4 Å². The van der Waals surface area contributed by atoms with Gasteiger partial charge >= 0.3 is 11.9 Å². The molecule has 0 heterocycles. The van der Waals surface area contributed by atoms with Gasteiger partial charge in [0.1, 0.15) is 6.61 Å². The van der Waals surface area contributed by atoms with E-state index < -0.39 is 0 Å². The van der Waals surface area contributed by atoms with E-state index in [0.29, 0.717) is 13.0 Å². The summed E-state index contributed by atoms with van der Waals surface area (Å²) in [5.41, 5.74) is 2.14. The molecule has 0 radical (unpaired) electrons. The zero-order valence-electron chi connectivity index (χ0n) is 15.0. The Morgan fingerprint density at radius 3 is 2.12 bits per heavy atom. The normalized spacial score (nSPS) is 10.4. The van der Waals surface area contributed by atoms with Crippen LogP contribution in [0.2, 0.25) is 0 Å². The average Bonchev–Trinajstić information content (AvgIpc) is 2.57. The molecule has 0 amide bonds. The van der Waals surface area contributed by atoms with Crippen LogP contribution in [-0.2, 0) is 25.7 Å². The molecule has 0 atom stereocenters. The van der Waals surface area contributed by atoms with Gasteiger partial charge in [0, 0.05) is 12.8 Å². The molecule has 4 nitrogen and oxygen atoms in total. The third kappa shape index (κ3) is 10.0. The van der Waals surface area contributed by atoms with E-state index in [1.54, 1.807) is 0 Å². The summed E-state index contributed by atoms with van der Waals surface area (Å²) >= 11 is 0. The predicted octanol–water partition coefficient (Wildman–Crippen LogP) is 4.72. The van der Waals surface area contributed by atoms with Gasteiger partial charge in [-0.05, 0) is 25.3 Å². The zero-order valence-corrected chi connectivity index (χ0v) is 15.0. The maximum Gasteiger partial charge on any atom is 0.306 e. The van der Waals surface area contributed by atoms with Gasteiger partial charge in [0.05, 0.1) is 6.61 Å². The molecule has 1 aromatic carbocycles. The van der Waals surface area contributed by atoms with Crippen molar-refractivity contribution >= 4 is 11.9 Å². The van der Waals surface area contributed by atoms with Crippen molar-refractivity contribution in [2.24, 2.45) is 0 Å². The van der Waals surface area contributed by atoms with E-state index in [4.69, 9.17) is 9.47 Å². The first kappa shape index (κ1) is 20.2. The van der Waals surface area contributed by atoms with E-state index >= 15 is 0 Å². The lowest BCUT2D eigenvalue weighted by Gasteiger charge is -2.06. The molecule has 4 heteroatoms. The highest BCUT2D eigenvalue weighted by Crippen LogP contribution is 2.07. The quantitative estimate of drug-likeness (QED) is 0.410. The van der Waals surface area contributed by atoms with E-state index in [1.165, 1.54) is 24.8 Å². The van der Waals surface area contributed by atoms with E-state index in [2.05, 4.69) is 6.92 Å². The molecule has 0 aliphatic carbocycles. The molecular weight excluding hydrogens is 304 g/mol. The second-order valence-corrected chi connectivity index (χ2v) is 6.13. The summed E-state index contributed by atoms with van der Waals surface area (Å²) in [7, 11) is 0. The second-order valence-electron chi connectivity index (χ2n) is 6.13. The smallest absolute Gasteiger partial charge is 0.306 e. The lowest BCUT2D eigenvalue weighted by atomic mass is 10.2. The summed E-state index contributed by atoms with van der Waals surface area (Å²) in [5, 5.41) is 0. The van der Waals surface area contributed by atoms with E-state index in [9.17, 15) is 9.59 Å². The maximum atomic E-state index is 11.7. The molecule has 134 valence electrons. The SMILES string of the molecule is CCCCCCCOC(=O)CCCC(=O)OCc1ccc(C)cc1. The molecular formula is C20H30O4. The fourth-order valence-electron chi connectivity index (χ4n) is 2.26. The molecule has 1 rings (SSSR count). The zero-order chi connectivity index (χ0) is 17.6. The molecule has 0 saturated heterocycles. The van der Waals surface area contributed by atoms with Crippen LogP contribution in [0.15, 0.2) is 24.3 Å². The second kappa shape index (κ2) is 12.6. The van der Waals surface area contributed by atoms with Crippen molar-refractivity contribution in [2.75, 3.05) is 6.61 Å². The third-order valence-electron chi connectivity index (χ3n) is 3.79. The lowest BCUT2D eigenvalue weighted by Crippen LogP contribution is -2.08. The molecule has 0 bridgehead atoms. The fourth-order valence-corrected chi connectivity index (χ4v) is 2.26. The van der Waals surface area contributed by atoms with E-state index in [0.717, 1.165) is 18.4 Å². The molecule has 0 aliphatic heterocycles. The number of rotatable bonds is 12. The first-order chi connectivity index (χ1) is 11.6. The molecule has 1 aromatic rings. The van der Waals surface area contributed by atoms with Crippen LogP contribution < -0.4 is 0 Å². The van der Waals surface area contributed by atoms with Crippen molar-refractivity contribution in [3.05, 3.63) is 35.4 Å². The summed E-state index contributed by atoms with van der Waals surface area (Å²) in [4.78, 5) is 23.2. The van der Waals surface area contributed by atoms with Gasteiger partial charge in [-0.2, -0.15) is 0 Å². The van der Waals surface area contributed by atoms with Gasteiger partial charge in [0.25, 0.3) is 0 Å². The van der Waals surface area contributed by atoms with E-state index in [1.807, 2.05) is 31.2 Å². The number of hydrogen-bond acceptors (Lipinski definition) is 4. The molecule has 0 N–H and O–H groups in total. The molecule has 24 heavy (non-hydrogen) atoms. The lowest BCUT2D eigenvalue weighted by molar-refractivity contribution is -0.146. The summed E-state index contributed by atoms with van der Waals surface area (Å²) < 4.78 is 10.3. The number of unbranched alkanes of at least 4 members (excludes halogenated alkanes) is 4. The molecule has 0 saturated carbocycles. The van der Waals surface area contributed by atoms with Gasteiger partial charge in [-0.15, -0.1) is 0 Å². The van der Waals surface area contributed by atoms with Gasteiger partial charge in [0.2, 0.25) is 0 Å². The predicted molar refractivity (Wildman–Crippen MR) is 94.5 cm³/mol. The minimum absolute atomic E-state index is 0.225. The van der Waals surface area contributed by atoms with Crippen molar-refractivity contribution in [1.29, 1.82) is 0 Å². The third-order valence-corrected chi connectivity index (χ3v) is 3.79. The number of hydrogen-bond donors (Lipinski definition) is 0. The Bertz CT molecular complexity index is 479. The van der Waals surface area contributed by atoms with Crippen LogP contribution in [0.25, 0.3) is 0 Å². The number of ether oxygens (including phenoxy) is 2. The Morgan fingerprint density at radius 2 is 1.46 bits per heavy atom. The first-order valence-corrected chi connectivity index (χ1v) is 8.98. The topological polar surface area (TPSA) is 52.6 Å². The fraction of sp³-hybridized carbons (Fsp3) is 0.600. The van der Waals surface area contributed by atoms with Crippen LogP contribution in [0, 0.1) is 6.92 Å². The van der Waals surface area contributed by atoms with Crippen molar-refractivity contribution < 1.29 is 19.1 Å². The van der Waals surface area contributed by atoms with Crippen LogP contribution in [0.4, 0.5) is 0 Å². The van der Waals surface area contributed by atoms with Gasteiger partial charge in [-0.1, -0.05) is 62.4 Å². The Labute approximate surface area is 145 Å². The van der Waals surface area contributed by atoms with Crippen molar-refractivity contribution in [2.45, 2.75) is 71.8 Å². The highest BCUT2D eigenvalue weighted by molar-refractivity contribution is 5.72. The van der Waals surface area contributed by atoms with Crippen LogP contribution in [-0.4, -0.2) is 18.5 Å². The largest absolute Gasteiger partial charge is 0.466 e. The number of esters is 2. The Hall–Kier alpha value is -1.84. The summed E-state index contributed by atoms with van der Waals surface area (Å²) in [6.45, 7) is 4.95. The number of carbonyl (C=O) groups is 2. The number of aryl methyl sites for hydroxylation is 1. The first-order valence-electron chi connectivity index (χ1n) is 8.98. The summed E-state index contributed by atoms with van der Waals surface area (Å²) in [6.07, 6.45) is 6.66. The van der Waals surface area contributed by atoms with Crippen LogP contribution in [0.5, 0.6) is 0 Å². The number of benzene rings is 1. The van der Waals surface area contributed by atoms with Crippen LogP contribution in [0.3, 0.4) is 0 Å². The molecule has 0 aromatic heterocycles. The van der Waals surface area contributed by atoms with Gasteiger partial charge < -0.3 is 9.47 Å².